The van der Waals surface area contributed by atoms with E-state index < -0.39 is 0 Å². The minimum Gasteiger partial charge on any atom is -0.412 e. The van der Waals surface area contributed by atoms with Crippen LogP contribution < -0.4 is 16.0 Å². The highest BCUT2D eigenvalue weighted by atomic mass is 79.9. The van der Waals surface area contributed by atoms with E-state index in [2.05, 4.69) is 16.0 Å². The molecule has 2 aromatic carbocycles. The topological polar surface area (TPSA) is 119 Å². The molecule has 29 heavy (non-hydrogen) atoms. The molecule has 2 rings (SSSR count). The number of anilines is 1. The van der Waals surface area contributed by atoms with Gasteiger partial charge in [-0.2, -0.15) is 0 Å². The number of ketones is 1. The van der Waals surface area contributed by atoms with Gasteiger partial charge in [-0.1, -0.05) is 41.9 Å². The number of benzene rings is 2. The SMILES string of the molecule is Br.CC(C)NC(=O)CNC(=O)CNc1ccc(Cl)cc1C(=O)c1ccccc1.O. The first-order valence-corrected chi connectivity index (χ1v) is 8.94. The van der Waals surface area contributed by atoms with Gasteiger partial charge in [0.1, 0.15) is 0 Å². The Hall–Kier alpha value is -2.42. The lowest BCUT2D eigenvalue weighted by Crippen LogP contribution is -2.41. The number of amides is 2. The summed E-state index contributed by atoms with van der Waals surface area (Å²) in [5.74, 6) is -0.816. The molecule has 2 amide bonds. The third-order valence-corrected chi connectivity index (χ3v) is 3.83. The number of halogens is 2. The van der Waals surface area contributed by atoms with Gasteiger partial charge in [0, 0.05) is 27.9 Å². The van der Waals surface area contributed by atoms with E-state index in [9.17, 15) is 14.4 Å². The van der Waals surface area contributed by atoms with E-state index in [1.165, 1.54) is 0 Å². The summed E-state index contributed by atoms with van der Waals surface area (Å²) in [4.78, 5) is 36.3. The Bertz CT molecular complexity index is 832. The molecular weight excluding hydrogens is 462 g/mol. The Morgan fingerprint density at radius 2 is 1.62 bits per heavy atom. The van der Waals surface area contributed by atoms with Gasteiger partial charge in [-0.3, -0.25) is 14.4 Å². The van der Waals surface area contributed by atoms with E-state index in [4.69, 9.17) is 11.6 Å². The predicted molar refractivity (Wildman–Crippen MR) is 120 cm³/mol. The van der Waals surface area contributed by atoms with Gasteiger partial charge in [0.05, 0.1) is 13.1 Å². The third kappa shape index (κ3) is 8.64. The van der Waals surface area contributed by atoms with Crippen LogP contribution in [0.5, 0.6) is 0 Å². The van der Waals surface area contributed by atoms with Crippen LogP contribution in [0, 0.1) is 0 Å². The van der Waals surface area contributed by atoms with Gasteiger partial charge >= 0.3 is 0 Å². The fraction of sp³-hybridized carbons (Fsp3) is 0.250. The normalized spacial score (nSPS) is 9.66. The summed E-state index contributed by atoms with van der Waals surface area (Å²) in [7, 11) is 0. The monoisotopic (exact) mass is 485 g/mol. The second-order valence-electron chi connectivity index (χ2n) is 6.24. The summed E-state index contributed by atoms with van der Waals surface area (Å²) in [6.45, 7) is 3.50. The average Bonchev–Trinajstić information content (AvgIpc) is 2.65. The summed E-state index contributed by atoms with van der Waals surface area (Å²) in [6, 6.07) is 13.7. The lowest BCUT2D eigenvalue weighted by Gasteiger charge is -2.13. The molecule has 0 heterocycles. The van der Waals surface area contributed by atoms with E-state index in [-0.39, 0.29) is 59.2 Å². The molecule has 0 aliphatic heterocycles. The van der Waals surface area contributed by atoms with Gasteiger partial charge in [-0.25, -0.2) is 0 Å². The summed E-state index contributed by atoms with van der Waals surface area (Å²) in [5, 5.41) is 8.57. The second-order valence-corrected chi connectivity index (χ2v) is 6.67. The molecule has 0 unspecified atom stereocenters. The van der Waals surface area contributed by atoms with Crippen LogP contribution >= 0.6 is 28.6 Å². The van der Waals surface area contributed by atoms with Crippen molar-refractivity contribution in [2.45, 2.75) is 19.9 Å². The van der Waals surface area contributed by atoms with E-state index in [0.717, 1.165) is 0 Å². The molecular formula is C20H25BrClN3O4. The number of rotatable bonds is 8. The summed E-state index contributed by atoms with van der Waals surface area (Å²) in [6.07, 6.45) is 0. The highest BCUT2D eigenvalue weighted by Crippen LogP contribution is 2.23. The molecule has 5 N–H and O–H groups in total. The van der Waals surface area contributed by atoms with Crippen molar-refractivity contribution in [3.63, 3.8) is 0 Å². The van der Waals surface area contributed by atoms with E-state index in [1.807, 2.05) is 19.9 Å². The van der Waals surface area contributed by atoms with Crippen LogP contribution in [0.25, 0.3) is 0 Å². The van der Waals surface area contributed by atoms with Crippen molar-refractivity contribution in [2.24, 2.45) is 0 Å². The van der Waals surface area contributed by atoms with Gasteiger partial charge in [-0.05, 0) is 32.0 Å². The zero-order valence-electron chi connectivity index (χ0n) is 16.1. The molecule has 9 heteroatoms. The highest BCUT2D eigenvalue weighted by molar-refractivity contribution is 8.93. The molecule has 0 aliphatic rings. The van der Waals surface area contributed by atoms with Crippen molar-refractivity contribution in [3.8, 4) is 0 Å². The largest absolute Gasteiger partial charge is 0.412 e. The molecule has 0 spiro atoms. The Labute approximate surface area is 185 Å². The molecule has 0 saturated carbocycles. The first-order valence-electron chi connectivity index (χ1n) is 8.56. The van der Waals surface area contributed by atoms with Crippen molar-refractivity contribution in [1.82, 2.24) is 10.6 Å². The maximum Gasteiger partial charge on any atom is 0.239 e. The van der Waals surface area contributed by atoms with Gasteiger partial charge in [0.25, 0.3) is 0 Å². The molecule has 2 aromatic rings. The maximum atomic E-state index is 12.7. The highest BCUT2D eigenvalue weighted by Gasteiger charge is 2.15. The number of carbonyl (C=O) groups excluding carboxylic acids is 3. The zero-order chi connectivity index (χ0) is 19.8. The molecule has 0 atom stereocenters. The fourth-order valence-electron chi connectivity index (χ4n) is 2.39. The van der Waals surface area contributed by atoms with Crippen molar-refractivity contribution in [2.75, 3.05) is 18.4 Å². The Morgan fingerprint density at radius 1 is 0.966 bits per heavy atom. The molecule has 0 aromatic heterocycles. The Balaban J connectivity index is 0.00000392. The van der Waals surface area contributed by atoms with Crippen molar-refractivity contribution in [3.05, 3.63) is 64.7 Å². The third-order valence-electron chi connectivity index (χ3n) is 3.60. The van der Waals surface area contributed by atoms with Crippen LogP contribution in [0.1, 0.15) is 29.8 Å². The summed E-state index contributed by atoms with van der Waals surface area (Å²) in [5.41, 5.74) is 1.40. The summed E-state index contributed by atoms with van der Waals surface area (Å²) < 4.78 is 0. The van der Waals surface area contributed by atoms with Crippen LogP contribution in [-0.4, -0.2) is 42.2 Å². The fourth-order valence-corrected chi connectivity index (χ4v) is 2.57. The first-order chi connectivity index (χ1) is 12.9. The van der Waals surface area contributed by atoms with Crippen LogP contribution in [0.4, 0.5) is 5.69 Å². The number of nitrogens with one attached hydrogen (secondary N) is 3. The molecule has 158 valence electrons. The smallest absolute Gasteiger partial charge is 0.239 e. The predicted octanol–water partition coefficient (Wildman–Crippen LogP) is 2.38. The zero-order valence-corrected chi connectivity index (χ0v) is 18.6. The molecule has 0 bridgehead atoms. The average molecular weight is 487 g/mol. The maximum absolute atomic E-state index is 12.7. The Kier molecular flexibility index (Phi) is 11.8. The lowest BCUT2D eigenvalue weighted by atomic mass is 10.0. The molecule has 7 nitrogen and oxygen atoms in total. The van der Waals surface area contributed by atoms with E-state index in [0.29, 0.717) is 21.8 Å². The van der Waals surface area contributed by atoms with Crippen LogP contribution in [0.15, 0.2) is 48.5 Å². The van der Waals surface area contributed by atoms with Gasteiger partial charge in [0.2, 0.25) is 11.8 Å². The van der Waals surface area contributed by atoms with Crippen molar-refractivity contribution in [1.29, 1.82) is 0 Å². The summed E-state index contributed by atoms with van der Waals surface area (Å²) >= 11 is 6.03. The van der Waals surface area contributed by atoms with Gasteiger partial charge < -0.3 is 21.4 Å². The first kappa shape index (κ1) is 26.6. The second kappa shape index (κ2) is 12.9. The van der Waals surface area contributed by atoms with Crippen molar-refractivity contribution >= 4 is 51.9 Å². The standard InChI is InChI=1S/C20H22ClN3O3.BrH.H2O/c1-13(2)24-19(26)12-23-18(25)11-22-17-9-8-15(21)10-16(17)20(27)14-6-4-3-5-7-14;;/h3-10,13,22H,11-12H2,1-2H3,(H,23,25)(H,24,26);1H;1H2. The molecule has 0 aliphatic carbocycles. The van der Waals surface area contributed by atoms with Crippen LogP contribution in [-0.2, 0) is 9.59 Å². The number of carbonyl (C=O) groups is 3. The van der Waals surface area contributed by atoms with E-state index >= 15 is 0 Å². The number of hydrogen-bond donors (Lipinski definition) is 3. The van der Waals surface area contributed by atoms with E-state index in [1.54, 1.807) is 42.5 Å². The lowest BCUT2D eigenvalue weighted by molar-refractivity contribution is -0.125. The van der Waals surface area contributed by atoms with Crippen LogP contribution in [0.2, 0.25) is 5.02 Å². The minimum absolute atomic E-state index is 0. The minimum atomic E-state index is -0.359. The molecule has 0 radical (unpaired) electrons. The molecule has 0 fully saturated rings. The number of hydrogen-bond acceptors (Lipinski definition) is 4. The van der Waals surface area contributed by atoms with Crippen LogP contribution in [0.3, 0.4) is 0 Å². The van der Waals surface area contributed by atoms with Gasteiger partial charge in [0.15, 0.2) is 5.78 Å². The Morgan fingerprint density at radius 3 is 2.24 bits per heavy atom. The quantitative estimate of drug-likeness (QED) is 0.496. The van der Waals surface area contributed by atoms with Gasteiger partial charge in [-0.15, -0.1) is 17.0 Å². The molecule has 0 saturated heterocycles. The van der Waals surface area contributed by atoms with Crippen molar-refractivity contribution < 1.29 is 19.9 Å².